The Hall–Kier alpha value is -1.26. The van der Waals surface area contributed by atoms with E-state index in [1.54, 1.807) is 10.9 Å². The van der Waals surface area contributed by atoms with Crippen LogP contribution in [0.25, 0.3) is 0 Å². The number of likely N-dealkylation sites (N-methyl/N-ethyl adjacent to an activating group) is 1. The summed E-state index contributed by atoms with van der Waals surface area (Å²) in [4.78, 5) is 2.36. The van der Waals surface area contributed by atoms with Crippen molar-refractivity contribution in [3.05, 3.63) is 83.7 Å². The molecule has 28 heavy (non-hydrogen) atoms. The second-order valence-electron chi connectivity index (χ2n) is 7.53. The van der Waals surface area contributed by atoms with E-state index in [1.807, 2.05) is 0 Å². The molecule has 2 aromatic carbocycles. The summed E-state index contributed by atoms with van der Waals surface area (Å²) in [5.74, 6) is 0. The molecule has 0 saturated heterocycles. The van der Waals surface area contributed by atoms with Crippen LogP contribution < -0.4 is 10.6 Å². The maximum absolute atomic E-state index is 2.48. The third-order valence-corrected chi connectivity index (χ3v) is 11.5. The molecule has 1 aliphatic carbocycles. The molecule has 0 aromatic heterocycles. The first-order chi connectivity index (χ1) is 13.6. The molecule has 148 valence electrons. The summed E-state index contributed by atoms with van der Waals surface area (Å²) in [5, 5.41) is 4.59. The van der Waals surface area contributed by atoms with Crippen LogP contribution >= 0.6 is 15.8 Å². The van der Waals surface area contributed by atoms with E-state index < -0.39 is 7.92 Å². The van der Waals surface area contributed by atoms with Gasteiger partial charge < -0.3 is 4.90 Å². The SMILES string of the molecule is CCP(CC)C1C(C(C)N(C)C)=CC=C1P(c1ccccc1)c1ccccc1. The van der Waals surface area contributed by atoms with Crippen LogP contribution in [0.5, 0.6) is 0 Å². The molecule has 0 N–H and O–H groups in total. The van der Waals surface area contributed by atoms with E-state index >= 15 is 0 Å². The van der Waals surface area contributed by atoms with Crippen molar-refractivity contribution in [3.8, 4) is 0 Å². The lowest BCUT2D eigenvalue weighted by atomic mass is 10.1. The zero-order chi connectivity index (χ0) is 20.1. The van der Waals surface area contributed by atoms with E-state index in [4.69, 9.17) is 0 Å². The minimum atomic E-state index is -0.499. The smallest absolute Gasteiger partial charge is 0.0285 e. The van der Waals surface area contributed by atoms with Crippen LogP contribution in [0.1, 0.15) is 20.8 Å². The average molecular weight is 409 g/mol. The quantitative estimate of drug-likeness (QED) is 0.499. The number of rotatable bonds is 8. The first-order valence-corrected chi connectivity index (χ1v) is 13.4. The molecule has 0 aliphatic heterocycles. The molecular weight excluding hydrogens is 376 g/mol. The van der Waals surface area contributed by atoms with Crippen LogP contribution in [0.2, 0.25) is 0 Å². The minimum absolute atomic E-state index is 0.0534. The highest BCUT2D eigenvalue weighted by atomic mass is 31.1. The van der Waals surface area contributed by atoms with Gasteiger partial charge in [-0.15, -0.1) is 0 Å². The normalized spacial score (nSPS) is 17.9. The molecule has 3 rings (SSSR count). The van der Waals surface area contributed by atoms with E-state index in [9.17, 15) is 0 Å². The molecule has 0 amide bonds. The van der Waals surface area contributed by atoms with E-state index in [0.717, 1.165) is 0 Å². The van der Waals surface area contributed by atoms with Crippen molar-refractivity contribution < 1.29 is 0 Å². The Morgan fingerprint density at radius 3 is 1.75 bits per heavy atom. The predicted molar refractivity (Wildman–Crippen MR) is 130 cm³/mol. The Labute approximate surface area is 174 Å². The van der Waals surface area contributed by atoms with Gasteiger partial charge in [0.15, 0.2) is 0 Å². The van der Waals surface area contributed by atoms with Crippen molar-refractivity contribution in [2.24, 2.45) is 0 Å². The maximum Gasteiger partial charge on any atom is 0.0285 e. The van der Waals surface area contributed by atoms with Crippen LogP contribution in [0.3, 0.4) is 0 Å². The van der Waals surface area contributed by atoms with E-state index in [0.29, 0.717) is 11.7 Å². The Morgan fingerprint density at radius 1 is 0.821 bits per heavy atom. The predicted octanol–water partition coefficient (Wildman–Crippen LogP) is 5.78. The van der Waals surface area contributed by atoms with Crippen molar-refractivity contribution in [2.45, 2.75) is 32.5 Å². The van der Waals surface area contributed by atoms with Crippen molar-refractivity contribution in [1.82, 2.24) is 4.90 Å². The van der Waals surface area contributed by atoms with Gasteiger partial charge in [-0.3, -0.25) is 0 Å². The van der Waals surface area contributed by atoms with Gasteiger partial charge in [-0.1, -0.05) is 94.6 Å². The van der Waals surface area contributed by atoms with Gasteiger partial charge in [0.25, 0.3) is 0 Å². The summed E-state index contributed by atoms with van der Waals surface area (Å²) in [6.07, 6.45) is 7.51. The largest absolute Gasteiger partial charge is 0.303 e. The molecule has 2 unspecified atom stereocenters. The molecule has 0 bridgehead atoms. The number of benzene rings is 2. The Morgan fingerprint density at radius 2 is 1.32 bits per heavy atom. The molecule has 0 fully saturated rings. The second-order valence-corrected chi connectivity index (χ2v) is 12.7. The molecule has 3 heteroatoms. The molecular formula is C25H33NP2. The lowest BCUT2D eigenvalue weighted by molar-refractivity contribution is 0.348. The van der Waals surface area contributed by atoms with E-state index in [-0.39, 0.29) is 7.92 Å². The molecule has 2 atom stereocenters. The molecule has 1 nitrogen and oxygen atoms in total. The molecule has 1 aliphatic rings. The van der Waals surface area contributed by atoms with Crippen molar-refractivity contribution in [3.63, 3.8) is 0 Å². The number of nitrogens with zero attached hydrogens (tertiary/aromatic N) is 1. The van der Waals surface area contributed by atoms with Crippen LogP contribution in [0, 0.1) is 0 Å². The Bertz CT molecular complexity index is 767. The van der Waals surface area contributed by atoms with Gasteiger partial charge in [-0.25, -0.2) is 0 Å². The zero-order valence-electron chi connectivity index (χ0n) is 17.8. The van der Waals surface area contributed by atoms with Crippen molar-refractivity contribution >= 4 is 26.5 Å². The first-order valence-electron chi connectivity index (χ1n) is 10.3. The fraction of sp³-hybridized carbons (Fsp3) is 0.360. The number of allylic oxidation sites excluding steroid dienone is 3. The third kappa shape index (κ3) is 4.49. The summed E-state index contributed by atoms with van der Waals surface area (Å²) in [5.41, 5.74) is 2.23. The van der Waals surface area contributed by atoms with E-state index in [1.165, 1.54) is 22.9 Å². The van der Waals surface area contributed by atoms with Gasteiger partial charge in [-0.2, -0.15) is 0 Å². The van der Waals surface area contributed by atoms with Gasteiger partial charge in [0.2, 0.25) is 0 Å². The third-order valence-electron chi connectivity index (χ3n) is 5.76. The molecule has 0 saturated carbocycles. The summed E-state index contributed by atoms with van der Waals surface area (Å²) >= 11 is 0. The van der Waals surface area contributed by atoms with Crippen LogP contribution in [-0.4, -0.2) is 43.0 Å². The van der Waals surface area contributed by atoms with Gasteiger partial charge >= 0.3 is 0 Å². The van der Waals surface area contributed by atoms with Crippen molar-refractivity contribution in [1.29, 1.82) is 0 Å². The minimum Gasteiger partial charge on any atom is -0.303 e. The molecule has 0 radical (unpaired) electrons. The molecule has 0 heterocycles. The number of hydrogen-bond acceptors (Lipinski definition) is 1. The Kier molecular flexibility index (Phi) is 7.64. The average Bonchev–Trinajstić information content (AvgIpc) is 3.14. The molecule has 0 spiro atoms. The van der Waals surface area contributed by atoms with Gasteiger partial charge in [-0.05, 0) is 62.8 Å². The summed E-state index contributed by atoms with van der Waals surface area (Å²) < 4.78 is 0. The molecule has 2 aromatic rings. The summed E-state index contributed by atoms with van der Waals surface area (Å²) in [7, 11) is 3.86. The summed E-state index contributed by atoms with van der Waals surface area (Å²) in [6, 6.07) is 22.8. The van der Waals surface area contributed by atoms with Crippen LogP contribution in [0.4, 0.5) is 0 Å². The zero-order valence-corrected chi connectivity index (χ0v) is 19.6. The monoisotopic (exact) mass is 409 g/mol. The van der Waals surface area contributed by atoms with Crippen LogP contribution in [0.15, 0.2) is 83.7 Å². The van der Waals surface area contributed by atoms with Crippen LogP contribution in [-0.2, 0) is 0 Å². The van der Waals surface area contributed by atoms with E-state index in [2.05, 4.69) is 113 Å². The van der Waals surface area contributed by atoms with Gasteiger partial charge in [0.05, 0.1) is 0 Å². The second kappa shape index (κ2) is 9.98. The van der Waals surface area contributed by atoms with Crippen molar-refractivity contribution in [2.75, 3.05) is 26.4 Å². The number of hydrogen-bond donors (Lipinski definition) is 0. The highest BCUT2D eigenvalue weighted by molar-refractivity contribution is 7.78. The lowest BCUT2D eigenvalue weighted by Crippen LogP contribution is -2.32. The van der Waals surface area contributed by atoms with Gasteiger partial charge in [0, 0.05) is 11.7 Å². The fourth-order valence-electron chi connectivity index (χ4n) is 3.99. The first kappa shape index (κ1) is 21.4. The highest BCUT2D eigenvalue weighted by Crippen LogP contribution is 2.59. The topological polar surface area (TPSA) is 3.24 Å². The maximum atomic E-state index is 2.48. The highest BCUT2D eigenvalue weighted by Gasteiger charge is 2.36. The Balaban J connectivity index is 2.08. The van der Waals surface area contributed by atoms with Gasteiger partial charge in [0.1, 0.15) is 0 Å². The lowest BCUT2D eigenvalue weighted by Gasteiger charge is -2.36. The standard InChI is InChI=1S/C25H33NP2/c1-6-27(7-2)25-23(20(3)26(4)5)18-19-24(25)28(21-14-10-8-11-15-21)22-16-12-9-13-17-22/h8-20,25H,6-7H2,1-5H3. The fourth-order valence-corrected chi connectivity index (χ4v) is 9.63. The summed E-state index contributed by atoms with van der Waals surface area (Å²) in [6.45, 7) is 7.13.